The summed E-state index contributed by atoms with van der Waals surface area (Å²) in [4.78, 5) is 13.9. The molecule has 0 heterocycles. The van der Waals surface area contributed by atoms with Gasteiger partial charge in [-0.2, -0.15) is 26.3 Å². The summed E-state index contributed by atoms with van der Waals surface area (Å²) in [5.41, 5.74) is 2.09. The van der Waals surface area contributed by atoms with Gasteiger partial charge in [0.05, 0.1) is 30.4 Å². The van der Waals surface area contributed by atoms with Crippen molar-refractivity contribution < 1.29 is 50.5 Å². The van der Waals surface area contributed by atoms with Crippen LogP contribution in [0.3, 0.4) is 0 Å². The van der Waals surface area contributed by atoms with Gasteiger partial charge >= 0.3 is 18.3 Å². The van der Waals surface area contributed by atoms with Crippen LogP contribution < -0.4 is 5.73 Å². The van der Waals surface area contributed by atoms with E-state index in [-0.39, 0.29) is 37.9 Å². The summed E-state index contributed by atoms with van der Waals surface area (Å²) in [5, 5.41) is 8.97. The van der Waals surface area contributed by atoms with E-state index in [0.29, 0.717) is 29.7 Å². The molecule has 45 heavy (non-hydrogen) atoms. The number of aliphatic hydroxyl groups excluding tert-OH is 1. The van der Waals surface area contributed by atoms with Crippen molar-refractivity contribution in [2.45, 2.75) is 56.5 Å². The van der Waals surface area contributed by atoms with E-state index in [1.54, 1.807) is 66.7 Å². The minimum absolute atomic E-state index is 0.0417. The standard InChI is InChI=1S/C33H35F6NO5/c1-23(25-18-27(32(34,35)36)20-28(19-25)33(37,38)39)45-22-31(26-12-6-3-7-13-26,15-8-14-29(40)43-17-9-16-41)30(42)44-21-24-10-4-2-5-11-24/h2-8,10-13,15,18-20,23,29,41H,9,14,16-17,21-22,40H2,1H3/b15-8-/t23-,29?,31?/m1/s1. The predicted molar refractivity (Wildman–Crippen MR) is 155 cm³/mol. The summed E-state index contributed by atoms with van der Waals surface area (Å²) in [6.07, 6.45) is -8.59. The summed E-state index contributed by atoms with van der Waals surface area (Å²) in [6, 6.07) is 18.4. The van der Waals surface area contributed by atoms with Crippen LogP contribution in [0, 0.1) is 0 Å². The number of ether oxygens (including phenoxy) is 3. The van der Waals surface area contributed by atoms with Crippen LogP contribution >= 0.6 is 0 Å². The Hall–Kier alpha value is -3.71. The highest BCUT2D eigenvalue weighted by Gasteiger charge is 2.41. The summed E-state index contributed by atoms with van der Waals surface area (Å²) in [6.45, 7) is 0.810. The van der Waals surface area contributed by atoms with Gasteiger partial charge in [0.15, 0.2) is 0 Å². The highest BCUT2D eigenvalue weighted by Crippen LogP contribution is 2.39. The lowest BCUT2D eigenvalue weighted by molar-refractivity contribution is -0.153. The molecule has 3 N–H and O–H groups in total. The van der Waals surface area contributed by atoms with Crippen LogP contribution in [0.2, 0.25) is 0 Å². The third-order valence-corrected chi connectivity index (χ3v) is 6.91. The molecule has 6 nitrogen and oxygen atoms in total. The van der Waals surface area contributed by atoms with E-state index in [2.05, 4.69) is 0 Å². The fourth-order valence-corrected chi connectivity index (χ4v) is 4.40. The Labute approximate surface area is 257 Å². The number of benzene rings is 3. The second-order valence-corrected chi connectivity index (χ2v) is 10.3. The minimum Gasteiger partial charge on any atom is -0.460 e. The molecule has 0 radical (unpaired) electrons. The fourth-order valence-electron chi connectivity index (χ4n) is 4.40. The van der Waals surface area contributed by atoms with Crippen molar-refractivity contribution >= 4 is 5.97 Å². The zero-order valence-electron chi connectivity index (χ0n) is 24.5. The van der Waals surface area contributed by atoms with Gasteiger partial charge in [0.1, 0.15) is 18.2 Å². The number of esters is 1. The first-order valence-electron chi connectivity index (χ1n) is 14.1. The Kier molecular flexibility index (Phi) is 12.7. The van der Waals surface area contributed by atoms with E-state index in [1.165, 1.54) is 13.0 Å². The molecule has 0 spiro atoms. The molecule has 12 heteroatoms. The second kappa shape index (κ2) is 16.0. The Bertz CT molecular complexity index is 1350. The number of nitrogens with two attached hydrogens (primary N) is 1. The smallest absolute Gasteiger partial charge is 0.416 e. The van der Waals surface area contributed by atoms with Gasteiger partial charge in [-0.1, -0.05) is 72.8 Å². The Morgan fingerprint density at radius 3 is 2.00 bits per heavy atom. The van der Waals surface area contributed by atoms with Crippen LogP contribution in [0.25, 0.3) is 0 Å². The van der Waals surface area contributed by atoms with Gasteiger partial charge in [0, 0.05) is 13.0 Å². The fraction of sp³-hybridized carbons (Fsp3) is 0.364. The van der Waals surface area contributed by atoms with Crippen molar-refractivity contribution in [1.82, 2.24) is 0 Å². The normalized spacial score (nSPS) is 15.0. The molecule has 0 aliphatic rings. The van der Waals surface area contributed by atoms with Crippen LogP contribution in [0.15, 0.2) is 91.0 Å². The van der Waals surface area contributed by atoms with Crippen molar-refractivity contribution in [3.8, 4) is 0 Å². The van der Waals surface area contributed by atoms with Gasteiger partial charge in [-0.3, -0.25) is 4.79 Å². The molecule has 0 bridgehead atoms. The molecule has 0 saturated heterocycles. The first-order valence-corrected chi connectivity index (χ1v) is 14.1. The molecule has 3 aromatic rings. The lowest BCUT2D eigenvalue weighted by Crippen LogP contribution is -2.40. The van der Waals surface area contributed by atoms with E-state index >= 15 is 0 Å². The number of hydrogen-bond acceptors (Lipinski definition) is 6. The van der Waals surface area contributed by atoms with E-state index in [1.807, 2.05) is 0 Å². The molecule has 3 atom stereocenters. The molecule has 0 amide bonds. The van der Waals surface area contributed by atoms with Gasteiger partial charge in [0.2, 0.25) is 0 Å². The zero-order chi connectivity index (χ0) is 33.1. The highest BCUT2D eigenvalue weighted by molar-refractivity contribution is 5.86. The number of halogens is 6. The number of rotatable bonds is 15. The first kappa shape index (κ1) is 35.8. The zero-order valence-corrected chi connectivity index (χ0v) is 24.5. The van der Waals surface area contributed by atoms with Gasteiger partial charge in [-0.25, -0.2) is 0 Å². The van der Waals surface area contributed by atoms with Gasteiger partial charge in [0.25, 0.3) is 0 Å². The summed E-state index contributed by atoms with van der Waals surface area (Å²) in [7, 11) is 0. The molecule has 3 rings (SSSR count). The van der Waals surface area contributed by atoms with Gasteiger partial charge in [-0.05, 0) is 48.2 Å². The molecule has 0 aliphatic heterocycles. The van der Waals surface area contributed by atoms with Crippen LogP contribution in [0.5, 0.6) is 0 Å². The molecule has 0 aromatic heterocycles. The van der Waals surface area contributed by atoms with Crippen LogP contribution in [0.4, 0.5) is 26.3 Å². The van der Waals surface area contributed by atoms with Crippen LogP contribution in [-0.2, 0) is 43.4 Å². The summed E-state index contributed by atoms with van der Waals surface area (Å²) in [5.74, 6) is -0.768. The number of carbonyl (C=O) groups excluding carboxylic acids is 1. The molecular weight excluding hydrogens is 604 g/mol. The lowest BCUT2D eigenvalue weighted by atomic mass is 9.80. The predicted octanol–water partition coefficient (Wildman–Crippen LogP) is 7.11. The molecule has 3 aromatic carbocycles. The number of aliphatic hydroxyl groups is 1. The summed E-state index contributed by atoms with van der Waals surface area (Å²) >= 11 is 0. The van der Waals surface area contributed by atoms with Crippen LogP contribution in [0.1, 0.15) is 53.7 Å². The molecule has 0 saturated carbocycles. The lowest BCUT2D eigenvalue weighted by Gasteiger charge is -2.31. The van der Waals surface area contributed by atoms with Crippen molar-refractivity contribution in [3.05, 3.63) is 119 Å². The third kappa shape index (κ3) is 10.4. The average molecular weight is 640 g/mol. The molecule has 2 unspecified atom stereocenters. The van der Waals surface area contributed by atoms with Crippen molar-refractivity contribution in [3.63, 3.8) is 0 Å². The van der Waals surface area contributed by atoms with Gasteiger partial charge < -0.3 is 25.1 Å². The summed E-state index contributed by atoms with van der Waals surface area (Å²) < 4.78 is 98.2. The number of carbonyl (C=O) groups is 1. The minimum atomic E-state index is -5.04. The highest BCUT2D eigenvalue weighted by atomic mass is 19.4. The Balaban J connectivity index is 1.99. The molecule has 0 aliphatic carbocycles. The molecular formula is C33H35F6NO5. The maximum Gasteiger partial charge on any atom is 0.416 e. The quantitative estimate of drug-likeness (QED) is 0.0606. The van der Waals surface area contributed by atoms with E-state index in [9.17, 15) is 31.1 Å². The molecule has 244 valence electrons. The second-order valence-electron chi connectivity index (χ2n) is 10.3. The van der Waals surface area contributed by atoms with Crippen molar-refractivity contribution in [2.75, 3.05) is 19.8 Å². The van der Waals surface area contributed by atoms with E-state index in [0.717, 1.165) is 0 Å². The largest absolute Gasteiger partial charge is 0.460 e. The number of hydrogen-bond donors (Lipinski definition) is 2. The molecule has 0 fully saturated rings. The maximum absolute atomic E-state index is 13.9. The van der Waals surface area contributed by atoms with Crippen LogP contribution in [-0.4, -0.2) is 37.1 Å². The van der Waals surface area contributed by atoms with E-state index in [4.69, 9.17) is 25.1 Å². The topological polar surface area (TPSA) is 91.0 Å². The van der Waals surface area contributed by atoms with Crippen molar-refractivity contribution in [1.29, 1.82) is 0 Å². The van der Waals surface area contributed by atoms with Crippen molar-refractivity contribution in [2.24, 2.45) is 5.73 Å². The van der Waals surface area contributed by atoms with Gasteiger partial charge in [-0.15, -0.1) is 0 Å². The monoisotopic (exact) mass is 639 g/mol. The van der Waals surface area contributed by atoms with E-state index < -0.39 is 53.8 Å². The Morgan fingerprint density at radius 1 is 0.867 bits per heavy atom. The maximum atomic E-state index is 13.9. The number of alkyl halides is 6. The first-order chi connectivity index (χ1) is 21.3. The third-order valence-electron chi connectivity index (χ3n) is 6.91. The average Bonchev–Trinajstić information content (AvgIpc) is 3.01. The Morgan fingerprint density at radius 2 is 1.44 bits per heavy atom. The SMILES string of the molecule is C[C@@H](OCC(/C=C\CC(N)OCCCO)(C(=O)OCc1ccccc1)c1ccccc1)c1cc(C(F)(F)F)cc(C(F)(F)F)c1.